The predicted octanol–water partition coefficient (Wildman–Crippen LogP) is -0.426. The summed E-state index contributed by atoms with van der Waals surface area (Å²) in [6.07, 6.45) is 0. The molecule has 0 aliphatic rings. The van der Waals surface area contributed by atoms with Crippen molar-refractivity contribution in [2.45, 2.75) is 0 Å². The van der Waals surface area contributed by atoms with Gasteiger partial charge in [-0.25, -0.2) is 0 Å². The number of hydrogen-bond donors (Lipinski definition) is 4. The van der Waals surface area contributed by atoms with E-state index in [0.717, 1.165) is 0 Å². The Balaban J connectivity index is -0.0000000720. The van der Waals surface area contributed by atoms with Crippen molar-refractivity contribution in [2.24, 2.45) is 11.5 Å². The molecule has 0 rings (SSSR count). The molecule has 7 heteroatoms. The monoisotopic (exact) mass is 261 g/mol. The van der Waals surface area contributed by atoms with Crippen LogP contribution in [0, 0.1) is 0 Å². The van der Waals surface area contributed by atoms with Crippen molar-refractivity contribution in [3.05, 3.63) is 0 Å². The molecule has 0 fully saturated rings. The van der Waals surface area contributed by atoms with Crippen LogP contribution in [0.2, 0.25) is 0 Å². The van der Waals surface area contributed by atoms with Gasteiger partial charge < -0.3 is 21.7 Å². The zero-order valence-corrected chi connectivity index (χ0v) is 7.28. The van der Waals surface area contributed by atoms with E-state index in [4.69, 9.17) is 10.2 Å². The smallest absolute Gasteiger partial charge is 0.251 e. The molecule has 0 aliphatic heterocycles. The second-order valence-corrected chi connectivity index (χ2v) is 1.51. The molecule has 0 amide bonds. The van der Waals surface area contributed by atoms with Gasteiger partial charge in [-0.2, -0.15) is 0 Å². The zero-order chi connectivity index (χ0) is 7.15. The van der Waals surface area contributed by atoms with Gasteiger partial charge in [-0.1, -0.05) is 0 Å². The Morgan fingerprint density at radius 1 is 1.00 bits per heavy atom. The van der Waals surface area contributed by atoms with Crippen LogP contribution < -0.4 is 11.5 Å². The third-order valence-electron chi connectivity index (χ3n) is 0. The van der Waals surface area contributed by atoms with E-state index in [1.807, 2.05) is 0 Å². The second-order valence-electron chi connectivity index (χ2n) is 0.676. The molecule has 0 unspecified atom stereocenters. The SMILES string of the molecule is NC(O)=S.NC(O)=S.[Ag]. The quantitative estimate of drug-likeness (QED) is 0.350. The fourth-order valence-corrected chi connectivity index (χ4v) is 0. The van der Waals surface area contributed by atoms with E-state index in [9.17, 15) is 0 Å². The molecule has 0 saturated carbocycles. The van der Waals surface area contributed by atoms with Gasteiger partial charge in [0.15, 0.2) is 0 Å². The first kappa shape index (κ1) is 16.1. The molecule has 1 radical (unpaired) electrons. The summed E-state index contributed by atoms with van der Waals surface area (Å²) in [7, 11) is 0. The van der Waals surface area contributed by atoms with Crippen LogP contribution in [-0.2, 0) is 22.4 Å². The molecule has 4 nitrogen and oxygen atoms in total. The minimum atomic E-state index is -0.500. The summed E-state index contributed by atoms with van der Waals surface area (Å²) in [6, 6.07) is 0. The first-order valence-electron chi connectivity index (χ1n) is 1.43. The van der Waals surface area contributed by atoms with Gasteiger partial charge in [-0.3, -0.25) is 0 Å². The first-order valence-corrected chi connectivity index (χ1v) is 2.25. The van der Waals surface area contributed by atoms with Crippen molar-refractivity contribution in [1.29, 1.82) is 0 Å². The molecular weight excluding hydrogens is 256 g/mol. The van der Waals surface area contributed by atoms with Gasteiger partial charge in [0.2, 0.25) is 0 Å². The maximum atomic E-state index is 7.56. The number of hydrogen-bond acceptors (Lipinski definition) is 2. The van der Waals surface area contributed by atoms with E-state index in [2.05, 4.69) is 35.9 Å². The van der Waals surface area contributed by atoms with Crippen LogP contribution in [-0.4, -0.2) is 20.6 Å². The van der Waals surface area contributed by atoms with E-state index >= 15 is 0 Å². The summed E-state index contributed by atoms with van der Waals surface area (Å²) < 4.78 is 0. The minimum Gasteiger partial charge on any atom is -0.487 e. The van der Waals surface area contributed by atoms with Gasteiger partial charge in [0, 0.05) is 22.4 Å². The fraction of sp³-hybridized carbons (Fsp3) is 0. The van der Waals surface area contributed by atoms with Crippen LogP contribution in [0.1, 0.15) is 0 Å². The van der Waals surface area contributed by atoms with Crippen molar-refractivity contribution >= 4 is 34.8 Å². The Bertz CT molecular complexity index is 78.6. The molecular formula is C2H6AgN2O2S2. The molecule has 6 N–H and O–H groups in total. The Kier molecular flexibility index (Phi) is 19.6. The Morgan fingerprint density at radius 2 is 1.00 bits per heavy atom. The van der Waals surface area contributed by atoms with Gasteiger partial charge in [-0.05, 0) is 24.4 Å². The van der Waals surface area contributed by atoms with Crippen molar-refractivity contribution in [3.8, 4) is 0 Å². The molecule has 0 atom stereocenters. The summed E-state index contributed by atoms with van der Waals surface area (Å²) in [4.78, 5) is 0. The average Bonchev–Trinajstić information content (AvgIpc) is 1.25. The summed E-state index contributed by atoms with van der Waals surface area (Å²) in [6.45, 7) is 0. The Labute approximate surface area is 78.7 Å². The van der Waals surface area contributed by atoms with Crippen molar-refractivity contribution < 1.29 is 32.6 Å². The van der Waals surface area contributed by atoms with E-state index in [1.165, 1.54) is 0 Å². The molecule has 0 spiro atoms. The summed E-state index contributed by atoms with van der Waals surface area (Å²) >= 11 is 7.74. The van der Waals surface area contributed by atoms with Crippen LogP contribution in [0.4, 0.5) is 0 Å². The summed E-state index contributed by atoms with van der Waals surface area (Å²) in [5.41, 5.74) is 8.80. The van der Waals surface area contributed by atoms with Crippen LogP contribution >= 0.6 is 24.4 Å². The maximum Gasteiger partial charge on any atom is 0.251 e. The van der Waals surface area contributed by atoms with Crippen LogP contribution in [0.5, 0.6) is 0 Å². The minimum absolute atomic E-state index is 0. The Morgan fingerprint density at radius 3 is 1.00 bits per heavy atom. The molecule has 0 aliphatic carbocycles. The molecule has 9 heavy (non-hydrogen) atoms. The van der Waals surface area contributed by atoms with Crippen molar-refractivity contribution in [3.63, 3.8) is 0 Å². The zero-order valence-electron chi connectivity index (χ0n) is 4.17. The van der Waals surface area contributed by atoms with Crippen molar-refractivity contribution in [1.82, 2.24) is 0 Å². The molecule has 0 aromatic heterocycles. The molecule has 0 saturated heterocycles. The standard InChI is InChI=1S/2CH3NOS.Ag/c2*2-1(3)4;/h2*(H3,2,3,4);. The number of thiocarbonyl (C=S) groups is 2. The third-order valence-corrected chi connectivity index (χ3v) is 0. The van der Waals surface area contributed by atoms with Gasteiger partial charge >= 0.3 is 0 Å². The Hall–Kier alpha value is 0.120. The van der Waals surface area contributed by atoms with Crippen LogP contribution in [0.3, 0.4) is 0 Å². The van der Waals surface area contributed by atoms with E-state index in [0.29, 0.717) is 0 Å². The average molecular weight is 262 g/mol. The normalized spacial score (nSPS) is 5.33. The van der Waals surface area contributed by atoms with Gasteiger partial charge in [0.05, 0.1) is 0 Å². The number of nitrogens with two attached hydrogens (primary N) is 2. The molecule has 0 bridgehead atoms. The summed E-state index contributed by atoms with van der Waals surface area (Å²) in [5, 5.41) is 14.1. The van der Waals surface area contributed by atoms with E-state index in [1.54, 1.807) is 0 Å². The molecule has 0 aromatic carbocycles. The van der Waals surface area contributed by atoms with Gasteiger partial charge in [0.1, 0.15) is 0 Å². The van der Waals surface area contributed by atoms with Crippen molar-refractivity contribution in [2.75, 3.05) is 0 Å². The van der Waals surface area contributed by atoms with Gasteiger partial charge in [-0.15, -0.1) is 0 Å². The van der Waals surface area contributed by atoms with E-state index in [-0.39, 0.29) is 22.4 Å². The summed E-state index contributed by atoms with van der Waals surface area (Å²) in [5.74, 6) is 0. The topological polar surface area (TPSA) is 92.5 Å². The molecule has 59 valence electrons. The number of aliphatic hydroxyl groups excluding tert-OH is 2. The third kappa shape index (κ3) is 21000. The van der Waals surface area contributed by atoms with E-state index < -0.39 is 10.3 Å². The fourth-order valence-electron chi connectivity index (χ4n) is 0. The number of rotatable bonds is 0. The van der Waals surface area contributed by atoms with Crippen LogP contribution in [0.25, 0.3) is 0 Å². The molecule has 0 aromatic rings. The largest absolute Gasteiger partial charge is 0.487 e. The molecule has 0 heterocycles. The predicted molar refractivity (Wildman–Crippen MR) is 38.8 cm³/mol. The van der Waals surface area contributed by atoms with Gasteiger partial charge in [0.25, 0.3) is 10.3 Å². The first-order chi connectivity index (χ1) is 3.46. The van der Waals surface area contributed by atoms with Crippen LogP contribution in [0.15, 0.2) is 0 Å². The number of aliphatic hydroxyl groups is 2. The second kappa shape index (κ2) is 11.0. The maximum absolute atomic E-state index is 7.56.